The molecule has 63 heavy (non-hydrogen) atoms. The molecule has 1 aromatic heterocycles. The molecule has 5 rings (SSSR count). The summed E-state index contributed by atoms with van der Waals surface area (Å²) in [7, 11) is 0. The Morgan fingerprint density at radius 1 is 0.984 bits per heavy atom. The third-order valence-electron chi connectivity index (χ3n) is 11.9. The first-order valence-corrected chi connectivity index (χ1v) is 23.1. The van der Waals surface area contributed by atoms with Crippen LogP contribution >= 0.6 is 0 Å². The lowest BCUT2D eigenvalue weighted by atomic mass is 9.86. The predicted molar refractivity (Wildman–Crippen MR) is 261 cm³/mol. The number of quaternary nitrogens is 1. The molecule has 1 saturated heterocycles. The third-order valence-corrected chi connectivity index (χ3v) is 11.9. The van der Waals surface area contributed by atoms with Crippen molar-refractivity contribution in [3.05, 3.63) is 100 Å². The minimum atomic E-state index is -1.88. The second kappa shape index (κ2) is 25.0. The van der Waals surface area contributed by atoms with Crippen molar-refractivity contribution >= 4 is 23.3 Å². The zero-order chi connectivity index (χ0) is 46.9. The van der Waals surface area contributed by atoms with Gasteiger partial charge in [0, 0.05) is 41.6 Å². The summed E-state index contributed by atoms with van der Waals surface area (Å²) in [6.07, 6.45) is 17.2. The Hall–Kier alpha value is -4.68. The van der Waals surface area contributed by atoms with Crippen LogP contribution in [0, 0.1) is 31.1 Å². The fourth-order valence-electron chi connectivity index (χ4n) is 6.87. The van der Waals surface area contributed by atoms with Gasteiger partial charge in [0.15, 0.2) is 0 Å². The van der Waals surface area contributed by atoms with E-state index < -0.39 is 10.9 Å². The largest absolute Gasteiger partial charge is 0.478 e. The first-order valence-electron chi connectivity index (χ1n) is 23.1. The Bertz CT molecular complexity index is 2030. The Labute approximate surface area is 379 Å². The summed E-state index contributed by atoms with van der Waals surface area (Å²) in [5.41, 5.74) is 10.1. The molecule has 346 valence electrons. The van der Waals surface area contributed by atoms with Crippen LogP contribution in [0.2, 0.25) is 0 Å². The van der Waals surface area contributed by atoms with Gasteiger partial charge < -0.3 is 15.2 Å². The smallest absolute Gasteiger partial charge is 0.335 e. The van der Waals surface area contributed by atoms with Crippen molar-refractivity contribution in [3.63, 3.8) is 0 Å². The average Bonchev–Trinajstić information content (AvgIpc) is 3.46. The first-order chi connectivity index (χ1) is 29.7. The molecule has 11 nitrogen and oxygen atoms in total. The van der Waals surface area contributed by atoms with E-state index in [-0.39, 0.29) is 40.6 Å². The minimum Gasteiger partial charge on any atom is -0.478 e. The van der Waals surface area contributed by atoms with Crippen LogP contribution in [0.3, 0.4) is 0 Å². The molecule has 2 unspecified atom stereocenters. The zero-order valence-corrected chi connectivity index (χ0v) is 40.7. The molecule has 1 saturated carbocycles. The van der Waals surface area contributed by atoms with E-state index in [1.54, 1.807) is 6.07 Å². The van der Waals surface area contributed by atoms with Gasteiger partial charge in [-0.1, -0.05) is 142 Å². The number of aromatic nitrogens is 2. The number of anilines is 1. The van der Waals surface area contributed by atoms with E-state index in [0.717, 1.165) is 83.7 Å². The van der Waals surface area contributed by atoms with Crippen LogP contribution < -0.4 is 20.4 Å². The number of carboxylic acid groups (broad SMARTS) is 1. The fraction of sp³-hybridized carbons (Fsp3) is 0.538. The molecule has 0 amide bonds. The molecule has 2 aliphatic rings. The van der Waals surface area contributed by atoms with E-state index in [0.29, 0.717) is 12.3 Å². The quantitative estimate of drug-likeness (QED) is 0.0462. The highest BCUT2D eigenvalue weighted by molar-refractivity contribution is 6.01. The van der Waals surface area contributed by atoms with E-state index in [4.69, 9.17) is 9.73 Å². The number of hydrogen-bond donors (Lipinski definition) is 5. The van der Waals surface area contributed by atoms with Crippen LogP contribution in [0.5, 0.6) is 5.88 Å². The maximum Gasteiger partial charge on any atom is 0.335 e. The number of carbonyl (C=O) groups is 1. The number of ether oxygens (including phenoxy) is 1. The lowest BCUT2D eigenvalue weighted by molar-refractivity contribution is -0.273. The van der Waals surface area contributed by atoms with Crippen molar-refractivity contribution in [2.24, 2.45) is 22.2 Å². The van der Waals surface area contributed by atoms with Crippen molar-refractivity contribution in [2.45, 2.75) is 160 Å². The Kier molecular flexibility index (Phi) is 20.9. The van der Waals surface area contributed by atoms with E-state index in [2.05, 4.69) is 108 Å². The van der Waals surface area contributed by atoms with Crippen LogP contribution in [0.4, 0.5) is 11.6 Å². The number of nitrogens with zero attached hydrogens (tertiary/aromatic N) is 4. The number of aliphatic imine (C=N–C) groups is 1. The van der Waals surface area contributed by atoms with Crippen LogP contribution in [-0.2, 0) is 0 Å². The van der Waals surface area contributed by atoms with Gasteiger partial charge in [-0.25, -0.2) is 9.78 Å². The van der Waals surface area contributed by atoms with Crippen molar-refractivity contribution in [2.75, 3.05) is 12.0 Å². The monoisotopic (exact) mass is 868 g/mol. The SMILES string of the molecule is CC1CCC1.CCC(C)C.C\C=C(/N=C(C)\C(=C/CC)\C=C(/C)C(C)(C)C)C1CCCCC(COc2cc(-c3c(C)cccc3C)nc(N[N+](O)(O)c3cccc(C(=O)O)c3)n2)N1. The summed E-state index contributed by atoms with van der Waals surface area (Å²) in [6.45, 7) is 28.3. The Balaban J connectivity index is 0.000000935. The molecule has 2 aromatic carbocycles. The van der Waals surface area contributed by atoms with Gasteiger partial charge in [-0.3, -0.25) is 4.99 Å². The highest BCUT2D eigenvalue weighted by Gasteiger charge is 2.31. The molecule has 0 bridgehead atoms. The fourth-order valence-corrected chi connectivity index (χ4v) is 6.87. The van der Waals surface area contributed by atoms with Gasteiger partial charge in [0.05, 0.1) is 21.9 Å². The maximum absolute atomic E-state index is 11.6. The minimum absolute atomic E-state index is 0.000905. The van der Waals surface area contributed by atoms with Gasteiger partial charge in [0.1, 0.15) is 6.61 Å². The molecule has 11 heteroatoms. The van der Waals surface area contributed by atoms with E-state index in [1.807, 2.05) is 39.0 Å². The van der Waals surface area contributed by atoms with Gasteiger partial charge in [-0.15, -0.1) is 15.8 Å². The topological polar surface area (TPSA) is 149 Å². The molecule has 5 N–H and O–H groups in total. The van der Waals surface area contributed by atoms with Crippen LogP contribution in [0.25, 0.3) is 11.3 Å². The van der Waals surface area contributed by atoms with Gasteiger partial charge in [0.25, 0.3) is 5.95 Å². The molecular formula is C52H79N6O5+. The van der Waals surface area contributed by atoms with Gasteiger partial charge in [-0.2, -0.15) is 4.98 Å². The van der Waals surface area contributed by atoms with E-state index in [1.165, 1.54) is 49.5 Å². The molecular weight excluding hydrogens is 789 g/mol. The zero-order valence-electron chi connectivity index (χ0n) is 40.7. The Morgan fingerprint density at radius 2 is 1.60 bits per heavy atom. The number of hydrogen-bond acceptors (Lipinski definition) is 9. The van der Waals surface area contributed by atoms with Crippen molar-refractivity contribution in [3.8, 4) is 17.1 Å². The molecule has 0 radical (unpaired) electrons. The maximum atomic E-state index is 11.6. The average molecular weight is 868 g/mol. The summed E-state index contributed by atoms with van der Waals surface area (Å²) in [4.78, 5) is 24.0. The number of nitrogens with one attached hydrogen (secondary N) is 2. The number of aryl methyl sites for hydroxylation is 2. The molecule has 3 aromatic rings. The molecule has 0 spiro atoms. The first kappa shape index (κ1) is 52.7. The summed E-state index contributed by atoms with van der Waals surface area (Å²) in [5, 5.41) is 35.3. The number of benzene rings is 2. The summed E-state index contributed by atoms with van der Waals surface area (Å²) in [6, 6.07) is 13.1. The highest BCUT2D eigenvalue weighted by atomic mass is 16.9. The normalized spacial score (nSPS) is 18.0. The molecule has 2 fully saturated rings. The number of aromatic carboxylic acids is 1. The molecule has 2 heterocycles. The van der Waals surface area contributed by atoms with Crippen molar-refractivity contribution < 1.29 is 25.1 Å². The summed E-state index contributed by atoms with van der Waals surface area (Å²) < 4.78 is 6.37. The van der Waals surface area contributed by atoms with Gasteiger partial charge in [0.2, 0.25) is 11.6 Å². The van der Waals surface area contributed by atoms with Crippen LogP contribution in [-0.4, -0.2) is 55.9 Å². The second-order valence-electron chi connectivity index (χ2n) is 18.7. The lowest BCUT2D eigenvalue weighted by Gasteiger charge is -2.24. The highest BCUT2D eigenvalue weighted by Crippen LogP contribution is 2.31. The van der Waals surface area contributed by atoms with E-state index >= 15 is 0 Å². The van der Waals surface area contributed by atoms with Crippen molar-refractivity contribution in [1.29, 1.82) is 0 Å². The second-order valence-corrected chi connectivity index (χ2v) is 18.7. The molecule has 1 aliphatic heterocycles. The van der Waals surface area contributed by atoms with Crippen LogP contribution in [0.1, 0.15) is 155 Å². The number of allylic oxidation sites excluding steroid dienone is 5. The predicted octanol–water partition coefficient (Wildman–Crippen LogP) is 13.4. The summed E-state index contributed by atoms with van der Waals surface area (Å²) in [5.74, 6) is 0.878. The standard InChI is InChI=1S/C42H56N6O5.C5H10.C5H12/c1-10-16-31(23-29(5)42(7,8)9)30(6)43-35(11-2)36-22-13-12-20-33(44-36)26-53-38-25-37(39-27(3)17-14-18-28(39)4)45-41(46-38)47-48(51,52)34-21-15-19-32(24-34)40(49)50;1-5-3-2-4-5;1-4-5(2)3/h11,14-19,21,23-25,33,36,44,51-52H,10,12-13,20,22,26H2,1-9H3,(H-,45,46,47,49,50);5H,2-4H2,1H3;5H,4H2,1-3H3/p+1/b29-23+,31-16-,35-11-,43-30-;;. The number of rotatable bonds is 14. The third kappa shape index (κ3) is 17.1. The molecule has 1 aliphatic carbocycles. The van der Waals surface area contributed by atoms with Gasteiger partial charge in [-0.05, 0) is 93.9 Å². The number of carboxylic acids is 1. The van der Waals surface area contributed by atoms with Crippen molar-refractivity contribution in [1.82, 2.24) is 20.2 Å². The van der Waals surface area contributed by atoms with Crippen LogP contribution in [0.15, 0.2) is 88.6 Å². The van der Waals surface area contributed by atoms with Gasteiger partial charge >= 0.3 is 5.97 Å². The molecule has 2 atom stereocenters. The lowest BCUT2D eigenvalue weighted by Crippen LogP contribution is -2.48. The van der Waals surface area contributed by atoms with E-state index in [9.17, 15) is 20.3 Å². The summed E-state index contributed by atoms with van der Waals surface area (Å²) >= 11 is 0. The Morgan fingerprint density at radius 3 is 2.14 bits per heavy atom.